The third-order valence-corrected chi connectivity index (χ3v) is 2.24. The molecule has 0 atom stereocenters. The van der Waals surface area contributed by atoms with E-state index in [1.54, 1.807) is 0 Å². The number of aromatic amines is 1. The molecule has 0 aliphatic rings. The Morgan fingerprint density at radius 2 is 1.88 bits per heavy atom. The highest BCUT2D eigenvalue weighted by atomic mass is 32.1. The summed E-state index contributed by atoms with van der Waals surface area (Å²) in [4.78, 5) is 2.60. The maximum absolute atomic E-state index is 12.7. The van der Waals surface area contributed by atoms with E-state index in [2.05, 4.69) is 17.2 Å². The van der Waals surface area contributed by atoms with Gasteiger partial charge in [-0.05, 0) is 18.3 Å². The lowest BCUT2D eigenvalue weighted by atomic mass is 10.1. The molecule has 16 heavy (non-hydrogen) atoms. The van der Waals surface area contributed by atoms with Crippen molar-refractivity contribution >= 4 is 12.2 Å². The Bertz CT molecular complexity index is 555. The first-order chi connectivity index (χ1) is 7.48. The summed E-state index contributed by atoms with van der Waals surface area (Å²) in [5.74, 6) is 0. The van der Waals surface area contributed by atoms with Crippen LogP contribution in [0.15, 0.2) is 34.9 Å². The first-order valence-corrected chi connectivity index (χ1v) is 4.74. The number of oxazole rings is 1. The van der Waals surface area contributed by atoms with Gasteiger partial charge in [0.2, 0.25) is 0 Å². The molecule has 0 saturated heterocycles. The zero-order valence-corrected chi connectivity index (χ0v) is 8.65. The van der Waals surface area contributed by atoms with Crippen LogP contribution in [0, 0.1) is 4.84 Å². The molecule has 2 aromatic rings. The van der Waals surface area contributed by atoms with Crippen LogP contribution in [0.25, 0.3) is 11.3 Å². The van der Waals surface area contributed by atoms with Crippen molar-refractivity contribution in [3.05, 3.63) is 40.9 Å². The minimum atomic E-state index is -4.40. The lowest BCUT2D eigenvalue weighted by Gasteiger charge is -2.10. The van der Waals surface area contributed by atoms with Crippen LogP contribution in [0.2, 0.25) is 0 Å². The molecule has 1 aromatic heterocycles. The van der Waals surface area contributed by atoms with Gasteiger partial charge in [-0.15, -0.1) is 0 Å². The van der Waals surface area contributed by atoms with Crippen molar-refractivity contribution in [3.63, 3.8) is 0 Å². The maximum atomic E-state index is 12.7. The van der Waals surface area contributed by atoms with Gasteiger partial charge in [-0.2, -0.15) is 13.2 Å². The Balaban J connectivity index is 2.61. The Kier molecular flexibility index (Phi) is 2.59. The third-order valence-electron chi connectivity index (χ3n) is 2.04. The van der Waals surface area contributed by atoms with Crippen LogP contribution in [0.5, 0.6) is 0 Å². The fraction of sp³-hybridized carbons (Fsp3) is 0.100. The van der Waals surface area contributed by atoms with Gasteiger partial charge in [-0.25, -0.2) is 0 Å². The van der Waals surface area contributed by atoms with Crippen molar-refractivity contribution in [2.24, 2.45) is 0 Å². The Hall–Kier alpha value is -1.56. The first-order valence-electron chi connectivity index (χ1n) is 4.33. The second-order valence-corrected chi connectivity index (χ2v) is 3.48. The van der Waals surface area contributed by atoms with E-state index in [-0.39, 0.29) is 16.1 Å². The third kappa shape index (κ3) is 2.01. The van der Waals surface area contributed by atoms with Crippen LogP contribution in [0.4, 0.5) is 13.2 Å². The number of benzene rings is 1. The topological polar surface area (TPSA) is 28.9 Å². The summed E-state index contributed by atoms with van der Waals surface area (Å²) in [6.45, 7) is 0. The summed E-state index contributed by atoms with van der Waals surface area (Å²) in [6.07, 6.45) is -3.23. The highest BCUT2D eigenvalue weighted by molar-refractivity contribution is 7.71. The van der Waals surface area contributed by atoms with E-state index in [1.807, 2.05) is 0 Å². The lowest BCUT2D eigenvalue weighted by molar-refractivity contribution is -0.137. The van der Waals surface area contributed by atoms with Crippen LogP contribution in [0.3, 0.4) is 0 Å². The lowest BCUT2D eigenvalue weighted by Crippen LogP contribution is -2.06. The number of hydrogen-bond donors (Lipinski definition) is 1. The largest absolute Gasteiger partial charge is 0.437 e. The van der Waals surface area contributed by atoms with Crippen LogP contribution in [0.1, 0.15) is 5.56 Å². The summed E-state index contributed by atoms with van der Waals surface area (Å²) in [5, 5.41) is 0. The van der Waals surface area contributed by atoms with Gasteiger partial charge in [0.05, 0.1) is 11.3 Å². The number of halogens is 3. The Labute approximate surface area is 93.7 Å². The predicted octanol–water partition coefficient (Wildman–Crippen LogP) is 4.02. The quantitative estimate of drug-likeness (QED) is 0.768. The van der Waals surface area contributed by atoms with Crippen molar-refractivity contribution in [1.29, 1.82) is 0 Å². The summed E-state index contributed by atoms with van der Waals surface area (Å²) in [6, 6.07) is 5.23. The number of alkyl halides is 3. The number of H-pyrrole nitrogens is 1. The molecule has 2 rings (SSSR count). The molecule has 1 heterocycles. The van der Waals surface area contributed by atoms with Crippen LogP contribution in [-0.2, 0) is 6.18 Å². The molecule has 0 spiro atoms. The second-order valence-electron chi connectivity index (χ2n) is 3.11. The molecule has 0 fully saturated rings. The SMILES string of the molecule is FC(F)(F)c1ccccc1-c1coc(=S)[nH]1. The van der Waals surface area contributed by atoms with Crippen LogP contribution in [-0.4, -0.2) is 4.98 Å². The monoisotopic (exact) mass is 245 g/mol. The summed E-state index contributed by atoms with van der Waals surface area (Å²) >= 11 is 4.67. The van der Waals surface area contributed by atoms with Crippen LogP contribution >= 0.6 is 12.2 Å². The van der Waals surface area contributed by atoms with Crippen molar-refractivity contribution in [3.8, 4) is 11.3 Å². The standard InChI is InChI=1S/C10H6F3NOS/c11-10(12,13)7-4-2-1-3-6(7)8-5-15-9(16)14-8/h1-5H,(H,14,16). The molecular weight excluding hydrogens is 239 g/mol. The summed E-state index contributed by atoms with van der Waals surface area (Å²) in [7, 11) is 0. The maximum Gasteiger partial charge on any atom is 0.417 e. The molecular formula is C10H6F3NOS. The average molecular weight is 245 g/mol. The minimum Gasteiger partial charge on any atom is -0.437 e. The summed E-state index contributed by atoms with van der Waals surface area (Å²) in [5.41, 5.74) is -0.477. The van der Waals surface area contributed by atoms with Gasteiger partial charge in [0, 0.05) is 5.56 Å². The van der Waals surface area contributed by atoms with E-state index in [4.69, 9.17) is 4.42 Å². The molecule has 1 aromatic carbocycles. The highest BCUT2D eigenvalue weighted by Crippen LogP contribution is 2.36. The van der Waals surface area contributed by atoms with Crippen molar-refractivity contribution in [2.75, 3.05) is 0 Å². The molecule has 0 aliphatic heterocycles. The number of aromatic nitrogens is 1. The molecule has 0 radical (unpaired) electrons. The van der Waals surface area contributed by atoms with Crippen molar-refractivity contribution < 1.29 is 17.6 Å². The molecule has 0 amide bonds. The van der Waals surface area contributed by atoms with Gasteiger partial charge in [-0.1, -0.05) is 18.2 Å². The second kappa shape index (κ2) is 3.79. The molecule has 1 N–H and O–H groups in total. The Morgan fingerprint density at radius 3 is 2.44 bits per heavy atom. The molecule has 84 valence electrons. The van der Waals surface area contributed by atoms with Gasteiger partial charge < -0.3 is 9.40 Å². The van der Waals surface area contributed by atoms with Crippen LogP contribution < -0.4 is 0 Å². The summed E-state index contributed by atoms with van der Waals surface area (Å²) < 4.78 is 42.8. The van der Waals surface area contributed by atoms with E-state index < -0.39 is 11.7 Å². The van der Waals surface area contributed by atoms with E-state index in [0.29, 0.717) is 0 Å². The van der Waals surface area contributed by atoms with Gasteiger partial charge >= 0.3 is 6.18 Å². The number of hydrogen-bond acceptors (Lipinski definition) is 2. The average Bonchev–Trinajstić information content (AvgIpc) is 2.64. The van der Waals surface area contributed by atoms with Crippen molar-refractivity contribution in [1.82, 2.24) is 4.98 Å². The van der Waals surface area contributed by atoms with E-state index in [9.17, 15) is 13.2 Å². The zero-order chi connectivity index (χ0) is 11.8. The molecule has 0 saturated carbocycles. The molecule has 2 nitrogen and oxygen atoms in total. The molecule has 6 heteroatoms. The van der Waals surface area contributed by atoms with Gasteiger partial charge in [0.15, 0.2) is 0 Å². The molecule has 0 bridgehead atoms. The fourth-order valence-corrected chi connectivity index (χ4v) is 1.54. The highest BCUT2D eigenvalue weighted by Gasteiger charge is 2.33. The van der Waals surface area contributed by atoms with Crippen molar-refractivity contribution in [2.45, 2.75) is 6.18 Å². The smallest absolute Gasteiger partial charge is 0.417 e. The fourth-order valence-electron chi connectivity index (χ4n) is 1.38. The first kappa shape index (κ1) is 10.9. The Morgan fingerprint density at radius 1 is 1.19 bits per heavy atom. The minimum absolute atomic E-state index is 0.0230. The number of rotatable bonds is 1. The van der Waals surface area contributed by atoms with E-state index >= 15 is 0 Å². The van der Waals surface area contributed by atoms with E-state index in [0.717, 1.165) is 6.07 Å². The zero-order valence-electron chi connectivity index (χ0n) is 7.84. The van der Waals surface area contributed by atoms with Gasteiger partial charge in [-0.3, -0.25) is 0 Å². The molecule has 0 aliphatic carbocycles. The predicted molar refractivity (Wildman–Crippen MR) is 54.3 cm³/mol. The molecule has 0 unspecified atom stereocenters. The van der Waals surface area contributed by atoms with E-state index in [1.165, 1.54) is 24.5 Å². The normalized spacial score (nSPS) is 11.7. The number of nitrogens with one attached hydrogen (secondary N) is 1. The van der Waals surface area contributed by atoms with Gasteiger partial charge in [0.1, 0.15) is 6.26 Å². The van der Waals surface area contributed by atoms with Gasteiger partial charge in [0.25, 0.3) is 4.84 Å².